The van der Waals surface area contributed by atoms with Gasteiger partial charge in [0, 0.05) is 26.1 Å². The number of esters is 1. The number of aliphatic hydroxyl groups is 1. The number of carbonyl (C=O) groups is 2. The van der Waals surface area contributed by atoms with E-state index < -0.39 is 18.1 Å². The van der Waals surface area contributed by atoms with E-state index in [1.54, 1.807) is 4.90 Å². The third-order valence-electron chi connectivity index (χ3n) is 3.62. The number of carbonyl (C=O) groups excluding carboxylic acids is 2. The number of piperidine rings is 1. The molecule has 0 aromatic rings. The summed E-state index contributed by atoms with van der Waals surface area (Å²) >= 11 is 0. The highest BCUT2D eigenvalue weighted by molar-refractivity contribution is 5.84. The molecule has 0 aliphatic carbocycles. The number of hydrogen-bond acceptors (Lipinski definition) is 4. The molecule has 1 N–H and O–H groups in total. The Morgan fingerprint density at radius 1 is 1.22 bits per heavy atom. The summed E-state index contributed by atoms with van der Waals surface area (Å²) < 4.78 is 4.69. The van der Waals surface area contributed by atoms with Gasteiger partial charge in [-0.25, -0.2) is 9.59 Å². The van der Waals surface area contributed by atoms with E-state index in [0.717, 1.165) is 32.4 Å². The Balaban J connectivity index is 2.04. The number of ether oxygens (including phenoxy) is 1. The fraction of sp³-hybridized carbons (Fsp3) is 0.833. The predicted octanol–water partition coefficient (Wildman–Crippen LogP) is 0.200. The summed E-state index contributed by atoms with van der Waals surface area (Å²) in [6, 6.07) is -0.791. The number of likely N-dealkylation sites (tertiary alicyclic amines) is 2. The fourth-order valence-corrected chi connectivity index (χ4v) is 2.65. The van der Waals surface area contributed by atoms with E-state index in [0.29, 0.717) is 0 Å². The van der Waals surface area contributed by atoms with Crippen LogP contribution >= 0.6 is 0 Å². The minimum Gasteiger partial charge on any atom is -0.467 e. The van der Waals surface area contributed by atoms with Gasteiger partial charge in [-0.3, -0.25) is 0 Å². The molecule has 6 heteroatoms. The van der Waals surface area contributed by atoms with Gasteiger partial charge in [-0.2, -0.15) is 0 Å². The Hall–Kier alpha value is -1.30. The van der Waals surface area contributed by atoms with E-state index in [4.69, 9.17) is 0 Å². The Kier molecular flexibility index (Phi) is 4.06. The van der Waals surface area contributed by atoms with Crippen molar-refractivity contribution in [2.24, 2.45) is 0 Å². The van der Waals surface area contributed by atoms with Gasteiger partial charge in [0.25, 0.3) is 0 Å². The van der Waals surface area contributed by atoms with Crippen LogP contribution in [0.2, 0.25) is 0 Å². The van der Waals surface area contributed by atoms with Gasteiger partial charge in [-0.1, -0.05) is 0 Å². The average Bonchev–Trinajstić information content (AvgIpc) is 2.80. The summed E-state index contributed by atoms with van der Waals surface area (Å²) in [6.45, 7) is 1.69. The van der Waals surface area contributed by atoms with Gasteiger partial charge in [0.15, 0.2) is 0 Å². The zero-order valence-corrected chi connectivity index (χ0v) is 10.7. The number of β-amino-alcohol motifs (C(OH)–C–C–N with tert-alkyl or cyclic N) is 1. The summed E-state index contributed by atoms with van der Waals surface area (Å²) in [6.07, 6.45) is 2.79. The van der Waals surface area contributed by atoms with Crippen molar-refractivity contribution in [3.63, 3.8) is 0 Å². The molecule has 0 aromatic heterocycles. The Morgan fingerprint density at radius 2 is 1.89 bits per heavy atom. The molecule has 2 aliphatic rings. The second kappa shape index (κ2) is 5.56. The lowest BCUT2D eigenvalue weighted by molar-refractivity contribution is -0.145. The molecule has 0 saturated carbocycles. The molecule has 6 nitrogen and oxygen atoms in total. The quantitative estimate of drug-likeness (QED) is 0.680. The van der Waals surface area contributed by atoms with Gasteiger partial charge >= 0.3 is 12.0 Å². The number of nitrogens with zero attached hydrogens (tertiary/aromatic N) is 2. The Morgan fingerprint density at radius 3 is 2.50 bits per heavy atom. The molecule has 0 spiro atoms. The van der Waals surface area contributed by atoms with Crippen molar-refractivity contribution < 1.29 is 19.4 Å². The molecule has 2 amide bonds. The largest absolute Gasteiger partial charge is 0.467 e. The van der Waals surface area contributed by atoms with Gasteiger partial charge in [0.2, 0.25) is 0 Å². The van der Waals surface area contributed by atoms with E-state index in [1.807, 2.05) is 0 Å². The molecule has 2 heterocycles. The molecule has 2 fully saturated rings. The highest BCUT2D eigenvalue weighted by Crippen LogP contribution is 2.22. The molecule has 0 bridgehead atoms. The molecular formula is C12H20N2O4. The van der Waals surface area contributed by atoms with Crippen molar-refractivity contribution in [3.05, 3.63) is 0 Å². The molecule has 2 saturated heterocycles. The van der Waals surface area contributed by atoms with Crippen LogP contribution in [0.1, 0.15) is 25.7 Å². The minimum absolute atomic E-state index is 0.151. The lowest BCUT2D eigenvalue weighted by atomic mass is 10.1. The van der Waals surface area contributed by atoms with E-state index in [2.05, 4.69) is 4.74 Å². The summed E-state index contributed by atoms with van der Waals surface area (Å²) in [5, 5.41) is 9.64. The van der Waals surface area contributed by atoms with Crippen molar-refractivity contribution in [3.8, 4) is 0 Å². The van der Waals surface area contributed by atoms with Crippen LogP contribution < -0.4 is 0 Å². The van der Waals surface area contributed by atoms with Crippen molar-refractivity contribution >= 4 is 12.0 Å². The van der Waals surface area contributed by atoms with Gasteiger partial charge in [0.1, 0.15) is 6.04 Å². The summed E-state index contributed by atoms with van der Waals surface area (Å²) in [4.78, 5) is 27.1. The van der Waals surface area contributed by atoms with Gasteiger partial charge in [-0.15, -0.1) is 0 Å². The molecule has 18 heavy (non-hydrogen) atoms. The third kappa shape index (κ3) is 2.58. The maximum Gasteiger partial charge on any atom is 0.328 e. The summed E-state index contributed by atoms with van der Waals surface area (Å²) in [5.74, 6) is -0.447. The zero-order valence-electron chi connectivity index (χ0n) is 10.7. The topological polar surface area (TPSA) is 70.1 Å². The van der Waals surface area contributed by atoms with Crippen LogP contribution in [0.15, 0.2) is 0 Å². The van der Waals surface area contributed by atoms with Crippen LogP contribution in [0.25, 0.3) is 0 Å². The summed E-state index contributed by atoms with van der Waals surface area (Å²) in [5.41, 5.74) is 0. The molecular weight excluding hydrogens is 236 g/mol. The first kappa shape index (κ1) is 13.1. The SMILES string of the molecule is COC(=O)C1CC(O)CN1C(=O)N1CCCCC1. The average molecular weight is 256 g/mol. The highest BCUT2D eigenvalue weighted by Gasteiger charge is 2.41. The van der Waals surface area contributed by atoms with Gasteiger partial charge in [-0.05, 0) is 19.3 Å². The number of aliphatic hydroxyl groups excluding tert-OH is 1. The first-order valence-corrected chi connectivity index (χ1v) is 6.45. The first-order chi connectivity index (χ1) is 8.63. The molecule has 102 valence electrons. The monoisotopic (exact) mass is 256 g/mol. The first-order valence-electron chi connectivity index (χ1n) is 6.45. The maximum atomic E-state index is 12.3. The highest BCUT2D eigenvalue weighted by atomic mass is 16.5. The molecule has 0 aromatic carbocycles. The number of amides is 2. The van der Waals surface area contributed by atoms with E-state index in [9.17, 15) is 14.7 Å². The van der Waals surface area contributed by atoms with E-state index in [-0.39, 0.29) is 19.0 Å². The van der Waals surface area contributed by atoms with Crippen LogP contribution in [0.5, 0.6) is 0 Å². The lowest BCUT2D eigenvalue weighted by Gasteiger charge is -2.32. The minimum atomic E-state index is -0.639. The number of urea groups is 1. The molecule has 2 aliphatic heterocycles. The van der Waals surface area contributed by atoms with Gasteiger partial charge in [0.05, 0.1) is 13.2 Å². The number of rotatable bonds is 1. The van der Waals surface area contributed by atoms with Crippen molar-refractivity contribution in [1.82, 2.24) is 9.80 Å². The van der Waals surface area contributed by atoms with Crippen LogP contribution in [0.3, 0.4) is 0 Å². The van der Waals surface area contributed by atoms with Crippen LogP contribution in [0, 0.1) is 0 Å². The predicted molar refractivity (Wildman–Crippen MR) is 64.0 cm³/mol. The maximum absolute atomic E-state index is 12.3. The molecule has 2 unspecified atom stereocenters. The standard InChI is InChI=1S/C12H20N2O4/c1-18-11(16)10-7-9(15)8-14(10)12(17)13-5-3-2-4-6-13/h9-10,15H,2-8H2,1H3. The van der Waals surface area contributed by atoms with Crippen molar-refractivity contribution in [2.75, 3.05) is 26.7 Å². The molecule has 0 radical (unpaired) electrons. The van der Waals surface area contributed by atoms with E-state index in [1.165, 1.54) is 12.0 Å². The second-order valence-corrected chi connectivity index (χ2v) is 4.91. The van der Waals surface area contributed by atoms with Crippen molar-refractivity contribution in [1.29, 1.82) is 0 Å². The fourth-order valence-electron chi connectivity index (χ4n) is 2.65. The van der Waals surface area contributed by atoms with Crippen LogP contribution in [0.4, 0.5) is 4.79 Å². The Labute approximate surface area is 106 Å². The van der Waals surface area contributed by atoms with Crippen molar-refractivity contribution in [2.45, 2.75) is 37.8 Å². The third-order valence-corrected chi connectivity index (χ3v) is 3.62. The zero-order chi connectivity index (χ0) is 13.1. The van der Waals surface area contributed by atoms with Crippen LogP contribution in [-0.2, 0) is 9.53 Å². The number of methoxy groups -OCH3 is 1. The van der Waals surface area contributed by atoms with Crippen LogP contribution in [-0.4, -0.2) is 65.8 Å². The molecule has 2 atom stereocenters. The Bertz CT molecular complexity index is 328. The number of hydrogen-bond donors (Lipinski definition) is 1. The van der Waals surface area contributed by atoms with E-state index >= 15 is 0 Å². The normalized spacial score (nSPS) is 28.3. The van der Waals surface area contributed by atoms with Gasteiger partial charge < -0.3 is 19.6 Å². The second-order valence-electron chi connectivity index (χ2n) is 4.91. The molecule has 2 rings (SSSR count). The lowest BCUT2D eigenvalue weighted by Crippen LogP contribution is -2.49. The summed E-state index contributed by atoms with van der Waals surface area (Å²) in [7, 11) is 1.30. The smallest absolute Gasteiger partial charge is 0.328 e.